The molecule has 1 heterocycles. The lowest BCUT2D eigenvalue weighted by atomic mass is 10.1. The number of benzene rings is 3. The van der Waals surface area contributed by atoms with Crippen molar-refractivity contribution >= 4 is 23.6 Å². The van der Waals surface area contributed by atoms with Gasteiger partial charge in [-0.05, 0) is 42.3 Å². The number of aliphatic imine (C=N–C) groups is 1. The van der Waals surface area contributed by atoms with E-state index >= 15 is 0 Å². The fraction of sp³-hybridized carbons (Fsp3) is 0.154. The van der Waals surface area contributed by atoms with Crippen molar-refractivity contribution in [1.29, 1.82) is 0 Å². The van der Waals surface area contributed by atoms with E-state index in [1.165, 1.54) is 17.7 Å². The highest BCUT2D eigenvalue weighted by Crippen LogP contribution is 2.30. The molecule has 0 radical (unpaired) electrons. The standard InChI is InChI=1S/C26H22N2O6/c1-17-20(9-6-10-22(17)28(30)31)25-27-21(26(29)34-25)15-19-11-12-23(24(16-19)32-2)33-14-13-18-7-4-3-5-8-18/h3-12,15-16H,13-14H2,1-2H3/b21-15-. The van der Waals surface area contributed by atoms with Gasteiger partial charge in [-0.3, -0.25) is 10.1 Å². The van der Waals surface area contributed by atoms with E-state index in [2.05, 4.69) is 4.99 Å². The van der Waals surface area contributed by atoms with Crippen LogP contribution in [0.25, 0.3) is 6.08 Å². The summed E-state index contributed by atoms with van der Waals surface area (Å²) < 4.78 is 16.6. The van der Waals surface area contributed by atoms with E-state index in [1.54, 1.807) is 44.4 Å². The molecule has 3 aromatic rings. The molecule has 34 heavy (non-hydrogen) atoms. The zero-order chi connectivity index (χ0) is 24.1. The van der Waals surface area contributed by atoms with Gasteiger partial charge in [0.1, 0.15) is 0 Å². The highest BCUT2D eigenvalue weighted by molar-refractivity contribution is 6.13. The van der Waals surface area contributed by atoms with Crippen LogP contribution in [0, 0.1) is 17.0 Å². The Morgan fingerprint density at radius 2 is 1.85 bits per heavy atom. The Morgan fingerprint density at radius 1 is 1.06 bits per heavy atom. The number of carbonyl (C=O) groups excluding carboxylic acids is 1. The number of cyclic esters (lactones) is 1. The number of ether oxygens (including phenoxy) is 3. The Hall–Kier alpha value is -4.46. The SMILES string of the molecule is COc1cc(/C=C2\N=C(c3cccc([N+](=O)[O-])c3C)OC2=O)ccc1OCCc1ccccc1. The van der Waals surface area contributed by atoms with Crippen molar-refractivity contribution in [3.05, 3.63) is 105 Å². The van der Waals surface area contributed by atoms with Crippen molar-refractivity contribution in [2.45, 2.75) is 13.3 Å². The van der Waals surface area contributed by atoms with Gasteiger partial charge in [-0.25, -0.2) is 9.79 Å². The summed E-state index contributed by atoms with van der Waals surface area (Å²) in [6, 6.07) is 19.9. The third-order valence-corrected chi connectivity index (χ3v) is 5.34. The van der Waals surface area contributed by atoms with E-state index in [0.29, 0.717) is 34.8 Å². The Labute approximate surface area is 196 Å². The molecule has 0 saturated heterocycles. The molecule has 0 atom stereocenters. The van der Waals surface area contributed by atoms with Crippen LogP contribution in [0.5, 0.6) is 11.5 Å². The molecular formula is C26H22N2O6. The molecule has 4 rings (SSSR count). The molecule has 0 N–H and O–H groups in total. The molecule has 0 aliphatic carbocycles. The number of nitro groups is 1. The highest BCUT2D eigenvalue weighted by atomic mass is 16.6. The minimum absolute atomic E-state index is 0.0327. The molecule has 8 heteroatoms. The number of hydrogen-bond donors (Lipinski definition) is 0. The lowest BCUT2D eigenvalue weighted by molar-refractivity contribution is -0.385. The van der Waals surface area contributed by atoms with Crippen molar-refractivity contribution in [2.75, 3.05) is 13.7 Å². The quantitative estimate of drug-likeness (QED) is 0.206. The zero-order valence-corrected chi connectivity index (χ0v) is 18.7. The monoisotopic (exact) mass is 458 g/mol. The zero-order valence-electron chi connectivity index (χ0n) is 18.7. The Bertz CT molecular complexity index is 1300. The third-order valence-electron chi connectivity index (χ3n) is 5.34. The lowest BCUT2D eigenvalue weighted by Gasteiger charge is -2.11. The Balaban J connectivity index is 1.53. The molecule has 0 saturated carbocycles. The summed E-state index contributed by atoms with van der Waals surface area (Å²) >= 11 is 0. The first kappa shape index (κ1) is 22.7. The van der Waals surface area contributed by atoms with E-state index in [1.807, 2.05) is 30.3 Å². The van der Waals surface area contributed by atoms with Gasteiger partial charge in [-0.1, -0.05) is 42.5 Å². The summed E-state index contributed by atoms with van der Waals surface area (Å²) in [7, 11) is 1.54. The molecule has 172 valence electrons. The van der Waals surface area contributed by atoms with Gasteiger partial charge in [-0.2, -0.15) is 0 Å². The molecule has 0 unspecified atom stereocenters. The van der Waals surface area contributed by atoms with Crippen LogP contribution in [0.3, 0.4) is 0 Å². The first-order chi connectivity index (χ1) is 16.5. The molecule has 8 nitrogen and oxygen atoms in total. The second-order valence-electron chi connectivity index (χ2n) is 7.54. The number of esters is 1. The summed E-state index contributed by atoms with van der Waals surface area (Å²) in [5.41, 5.74) is 2.63. The minimum Gasteiger partial charge on any atom is -0.493 e. The second-order valence-corrected chi connectivity index (χ2v) is 7.54. The number of rotatable bonds is 8. The topological polar surface area (TPSA) is 100 Å². The summed E-state index contributed by atoms with van der Waals surface area (Å²) in [5, 5.41) is 11.2. The molecule has 0 amide bonds. The maximum Gasteiger partial charge on any atom is 0.363 e. The molecule has 0 fully saturated rings. The number of hydrogen-bond acceptors (Lipinski definition) is 7. The maximum atomic E-state index is 12.4. The van der Waals surface area contributed by atoms with Gasteiger partial charge in [0.25, 0.3) is 5.69 Å². The van der Waals surface area contributed by atoms with E-state index < -0.39 is 10.9 Å². The number of carbonyl (C=O) groups is 1. The van der Waals surface area contributed by atoms with E-state index in [9.17, 15) is 14.9 Å². The Kier molecular flexibility index (Phi) is 6.68. The predicted molar refractivity (Wildman–Crippen MR) is 127 cm³/mol. The molecular weight excluding hydrogens is 436 g/mol. The van der Waals surface area contributed by atoms with Crippen LogP contribution < -0.4 is 9.47 Å². The van der Waals surface area contributed by atoms with E-state index in [-0.39, 0.29) is 17.3 Å². The average molecular weight is 458 g/mol. The normalized spacial score (nSPS) is 14.0. The van der Waals surface area contributed by atoms with Crippen molar-refractivity contribution < 1.29 is 23.9 Å². The molecule has 0 spiro atoms. The predicted octanol–water partition coefficient (Wildman–Crippen LogP) is 4.88. The van der Waals surface area contributed by atoms with Crippen LogP contribution >= 0.6 is 0 Å². The fourth-order valence-corrected chi connectivity index (χ4v) is 3.55. The lowest BCUT2D eigenvalue weighted by Crippen LogP contribution is -2.08. The third kappa shape index (κ3) is 4.96. The van der Waals surface area contributed by atoms with Crippen molar-refractivity contribution in [3.8, 4) is 11.5 Å². The first-order valence-electron chi connectivity index (χ1n) is 10.6. The molecule has 0 bridgehead atoms. The van der Waals surface area contributed by atoms with Gasteiger partial charge in [0.15, 0.2) is 17.2 Å². The van der Waals surface area contributed by atoms with Gasteiger partial charge in [0, 0.05) is 23.6 Å². The summed E-state index contributed by atoms with van der Waals surface area (Å²) in [6.07, 6.45) is 2.33. The van der Waals surface area contributed by atoms with Gasteiger partial charge < -0.3 is 14.2 Å². The first-order valence-corrected chi connectivity index (χ1v) is 10.6. The van der Waals surface area contributed by atoms with Gasteiger partial charge in [0.2, 0.25) is 5.90 Å². The fourth-order valence-electron chi connectivity index (χ4n) is 3.55. The highest BCUT2D eigenvalue weighted by Gasteiger charge is 2.27. The molecule has 0 aromatic heterocycles. The van der Waals surface area contributed by atoms with Crippen molar-refractivity contribution in [1.82, 2.24) is 0 Å². The van der Waals surface area contributed by atoms with Crippen LogP contribution in [-0.2, 0) is 16.0 Å². The molecule has 3 aromatic carbocycles. The van der Waals surface area contributed by atoms with Crippen LogP contribution in [0.4, 0.5) is 5.69 Å². The van der Waals surface area contributed by atoms with E-state index in [0.717, 1.165) is 6.42 Å². The maximum absolute atomic E-state index is 12.4. The van der Waals surface area contributed by atoms with Gasteiger partial charge in [0.05, 0.1) is 18.6 Å². The smallest absolute Gasteiger partial charge is 0.363 e. The van der Waals surface area contributed by atoms with Gasteiger partial charge >= 0.3 is 5.97 Å². The number of methoxy groups -OCH3 is 1. The summed E-state index contributed by atoms with van der Waals surface area (Å²) in [6.45, 7) is 2.08. The minimum atomic E-state index is -0.636. The molecule has 1 aliphatic rings. The largest absolute Gasteiger partial charge is 0.493 e. The van der Waals surface area contributed by atoms with Crippen LogP contribution in [0.2, 0.25) is 0 Å². The Morgan fingerprint density at radius 3 is 2.59 bits per heavy atom. The number of nitro benzene ring substituents is 1. The summed E-state index contributed by atoms with van der Waals surface area (Å²) in [5.74, 6) is 0.506. The molecule has 1 aliphatic heterocycles. The van der Waals surface area contributed by atoms with Gasteiger partial charge in [-0.15, -0.1) is 0 Å². The van der Waals surface area contributed by atoms with Crippen LogP contribution in [-0.4, -0.2) is 30.5 Å². The average Bonchev–Trinajstić information content (AvgIpc) is 3.20. The van der Waals surface area contributed by atoms with Crippen LogP contribution in [0.15, 0.2) is 77.4 Å². The number of nitrogens with zero attached hydrogens (tertiary/aromatic N) is 2. The summed E-state index contributed by atoms with van der Waals surface area (Å²) in [4.78, 5) is 27.4. The second kappa shape index (κ2) is 9.99. The van der Waals surface area contributed by atoms with Crippen molar-refractivity contribution in [2.24, 2.45) is 4.99 Å². The van der Waals surface area contributed by atoms with E-state index in [4.69, 9.17) is 14.2 Å². The van der Waals surface area contributed by atoms with Crippen LogP contribution in [0.1, 0.15) is 22.3 Å². The van der Waals surface area contributed by atoms with Crippen molar-refractivity contribution in [3.63, 3.8) is 0 Å².